The second-order valence-electron chi connectivity index (χ2n) is 4.66. The molecule has 0 saturated carbocycles. The van der Waals surface area contributed by atoms with E-state index in [1.165, 1.54) is 18.2 Å². The molecule has 0 aliphatic heterocycles. The number of phenolic OH excluding ortho intramolecular Hbond substituents is 1. The molecule has 0 atom stereocenters. The van der Waals surface area contributed by atoms with Gasteiger partial charge < -0.3 is 10.8 Å². The van der Waals surface area contributed by atoms with Crippen LogP contribution in [0.3, 0.4) is 0 Å². The second kappa shape index (κ2) is 7.44. The number of aromatic hydroxyl groups is 1. The van der Waals surface area contributed by atoms with Crippen molar-refractivity contribution < 1.29 is 14.9 Å². The number of carbonyl (C=O) groups is 1. The van der Waals surface area contributed by atoms with E-state index in [0.29, 0.717) is 16.3 Å². The summed E-state index contributed by atoms with van der Waals surface area (Å²) in [7, 11) is 0. The lowest BCUT2D eigenvalue weighted by Crippen LogP contribution is -2.29. The summed E-state index contributed by atoms with van der Waals surface area (Å²) < 4.78 is 0. The lowest BCUT2D eigenvalue weighted by molar-refractivity contribution is -0.379. The number of pyridine rings is 1. The number of rotatable bonds is 3. The average molecular weight is 409 g/mol. The van der Waals surface area contributed by atoms with E-state index in [2.05, 4.69) is 15.5 Å². The van der Waals surface area contributed by atoms with Crippen molar-refractivity contribution in [1.29, 1.82) is 0 Å². The number of hydrogen-bond acceptors (Lipinski definition) is 4. The molecule has 0 aliphatic rings. The normalized spacial score (nSPS) is 11.5. The largest absolute Gasteiger partial charge is 0.507 e. The molecule has 1 heterocycles. The fourth-order valence-electron chi connectivity index (χ4n) is 1.77. The highest BCUT2D eigenvalue weighted by atomic mass is 35.5. The summed E-state index contributed by atoms with van der Waals surface area (Å²) in [6, 6.07) is 4.46. The molecule has 0 saturated heterocycles. The Morgan fingerprint density at radius 3 is 2.58 bits per heavy atom. The predicted octanol–water partition coefficient (Wildman–Crippen LogP) is 3.56. The van der Waals surface area contributed by atoms with E-state index in [1.54, 1.807) is 6.92 Å². The van der Waals surface area contributed by atoms with Crippen LogP contribution in [0.5, 0.6) is 5.75 Å². The summed E-state index contributed by atoms with van der Waals surface area (Å²) >= 11 is 23.5. The van der Waals surface area contributed by atoms with Crippen LogP contribution in [-0.4, -0.2) is 16.7 Å². The number of aromatic nitrogens is 1. The number of halogens is 4. The Hall–Kier alpha value is -1.73. The third-order valence-electron chi connectivity index (χ3n) is 3.02. The molecule has 5 N–H and O–H groups in total. The molecule has 0 fully saturated rings. The summed E-state index contributed by atoms with van der Waals surface area (Å²) in [4.78, 5) is 14.7. The maximum Gasteiger partial charge on any atom is 0.337 e. The van der Waals surface area contributed by atoms with Crippen LogP contribution < -0.4 is 16.1 Å². The van der Waals surface area contributed by atoms with Crippen molar-refractivity contribution in [3.8, 4) is 5.75 Å². The molecule has 1 amide bonds. The van der Waals surface area contributed by atoms with Gasteiger partial charge in [0.05, 0.1) is 11.4 Å². The van der Waals surface area contributed by atoms with Crippen molar-refractivity contribution >= 4 is 63.7 Å². The first-order valence-electron chi connectivity index (χ1n) is 6.41. The molecule has 0 spiro atoms. The molecule has 0 radical (unpaired) electrons. The van der Waals surface area contributed by atoms with Crippen LogP contribution in [0.15, 0.2) is 23.3 Å². The van der Waals surface area contributed by atoms with Gasteiger partial charge in [-0.3, -0.25) is 4.79 Å². The molecule has 126 valence electrons. The number of nitrogen functional groups attached to an aromatic ring is 1. The van der Waals surface area contributed by atoms with Gasteiger partial charge in [0.15, 0.2) is 0 Å². The van der Waals surface area contributed by atoms with Gasteiger partial charge in [-0.2, -0.15) is 10.1 Å². The lowest BCUT2D eigenvalue weighted by atomic mass is 10.1. The van der Waals surface area contributed by atoms with Gasteiger partial charge >= 0.3 is 5.91 Å². The van der Waals surface area contributed by atoms with Crippen LogP contribution >= 0.6 is 46.4 Å². The molecule has 24 heavy (non-hydrogen) atoms. The molecule has 6 nitrogen and oxygen atoms in total. The van der Waals surface area contributed by atoms with Crippen molar-refractivity contribution in [2.45, 2.75) is 6.92 Å². The number of hydrazone groups is 1. The Labute approximate surface area is 157 Å². The van der Waals surface area contributed by atoms with Gasteiger partial charge in [0, 0.05) is 10.6 Å². The van der Waals surface area contributed by atoms with Crippen LogP contribution in [0.1, 0.15) is 23.0 Å². The van der Waals surface area contributed by atoms with Gasteiger partial charge in [-0.05, 0) is 36.7 Å². The number of nitrogens with two attached hydrogens (primary N) is 1. The Morgan fingerprint density at radius 1 is 1.25 bits per heavy atom. The standard InChI is InChI=1S/C14H10Cl4N4O2/c1-5(7-4-6(15)2-3-8(7)23)21-22-14(24)12-9(16)11(19)10(17)13(18)20-12/h2-4,23H,1H3,(H2,19,20)(H,22,24)/p+1/b21-5+. The predicted molar refractivity (Wildman–Crippen MR) is 95.2 cm³/mol. The van der Waals surface area contributed by atoms with Gasteiger partial charge in [-0.25, -0.2) is 5.43 Å². The minimum atomic E-state index is -0.689. The summed E-state index contributed by atoms with van der Waals surface area (Å²) in [5.41, 5.74) is 8.52. The molecule has 0 unspecified atom stereocenters. The number of benzene rings is 1. The number of nitrogens with one attached hydrogen (secondary N) is 2. The molecule has 0 bridgehead atoms. The van der Waals surface area contributed by atoms with E-state index in [-0.39, 0.29) is 32.3 Å². The SMILES string of the molecule is C/C(=N\NC(=O)c1[nH+]c(Cl)c(Cl)c(N)c1Cl)c1cc(Cl)ccc1O. The van der Waals surface area contributed by atoms with Crippen LogP contribution in [-0.2, 0) is 0 Å². The van der Waals surface area contributed by atoms with E-state index in [4.69, 9.17) is 52.1 Å². The first kappa shape index (κ1) is 18.6. The Kier molecular flexibility index (Phi) is 5.77. The van der Waals surface area contributed by atoms with E-state index in [0.717, 1.165) is 0 Å². The van der Waals surface area contributed by atoms with Crippen molar-refractivity contribution in [2.24, 2.45) is 5.10 Å². The number of nitrogens with zero attached hydrogens (tertiary/aromatic N) is 1. The van der Waals surface area contributed by atoms with Gasteiger partial charge in [0.25, 0.3) is 10.8 Å². The number of hydrogen-bond donors (Lipinski definition) is 3. The number of amides is 1. The fraction of sp³-hybridized carbons (Fsp3) is 0.0714. The number of phenols is 1. The van der Waals surface area contributed by atoms with Crippen molar-refractivity contribution in [3.63, 3.8) is 0 Å². The van der Waals surface area contributed by atoms with E-state index in [1.807, 2.05) is 0 Å². The summed E-state index contributed by atoms with van der Waals surface area (Å²) in [5.74, 6) is -0.718. The van der Waals surface area contributed by atoms with Crippen LogP contribution in [0.4, 0.5) is 5.69 Å². The fourth-order valence-corrected chi connectivity index (χ4v) is 2.56. The zero-order chi connectivity index (χ0) is 18.0. The van der Waals surface area contributed by atoms with Crippen LogP contribution in [0.25, 0.3) is 0 Å². The van der Waals surface area contributed by atoms with Gasteiger partial charge in [0.1, 0.15) is 15.8 Å². The smallest absolute Gasteiger partial charge is 0.337 e. The number of H-pyrrole nitrogens is 1. The molecule has 1 aromatic heterocycles. The summed E-state index contributed by atoms with van der Waals surface area (Å²) in [5, 5.41) is 14.0. The van der Waals surface area contributed by atoms with E-state index in [9.17, 15) is 9.90 Å². The molecule has 2 aromatic rings. The second-order valence-corrected chi connectivity index (χ2v) is 6.23. The maximum atomic E-state index is 12.2. The third-order valence-corrected chi connectivity index (χ3v) is 4.42. The quantitative estimate of drug-likeness (QED) is 0.411. The zero-order valence-corrected chi connectivity index (χ0v) is 15.1. The van der Waals surface area contributed by atoms with Crippen LogP contribution in [0, 0.1) is 0 Å². The molecular weight excluding hydrogens is 398 g/mol. The average Bonchev–Trinajstić information content (AvgIpc) is 2.55. The molecule has 0 aliphatic carbocycles. The maximum absolute atomic E-state index is 12.2. The Balaban J connectivity index is 2.29. The van der Waals surface area contributed by atoms with Gasteiger partial charge in [-0.15, -0.1) is 0 Å². The van der Waals surface area contributed by atoms with E-state index < -0.39 is 5.91 Å². The number of anilines is 1. The number of carbonyl (C=O) groups excluding carboxylic acids is 1. The van der Waals surface area contributed by atoms with Crippen molar-refractivity contribution in [2.75, 3.05) is 5.73 Å². The molecule has 2 rings (SSSR count). The highest BCUT2D eigenvalue weighted by Gasteiger charge is 2.26. The van der Waals surface area contributed by atoms with Crippen LogP contribution in [0.2, 0.25) is 20.2 Å². The molecular formula is C14H11Cl4N4O2+. The summed E-state index contributed by atoms with van der Waals surface area (Å²) in [6.07, 6.45) is 0. The topological polar surface area (TPSA) is 102 Å². The highest BCUT2D eigenvalue weighted by molar-refractivity contribution is 6.45. The van der Waals surface area contributed by atoms with E-state index >= 15 is 0 Å². The Bertz CT molecular complexity index is 855. The van der Waals surface area contributed by atoms with Crippen molar-refractivity contribution in [3.05, 3.63) is 49.7 Å². The minimum absolute atomic E-state index is 0.0155. The molecule has 10 heteroatoms. The first-order valence-corrected chi connectivity index (χ1v) is 7.92. The Morgan fingerprint density at radius 2 is 1.92 bits per heavy atom. The molecule has 1 aromatic carbocycles. The van der Waals surface area contributed by atoms with Gasteiger partial charge in [-0.1, -0.05) is 34.8 Å². The van der Waals surface area contributed by atoms with Crippen molar-refractivity contribution in [1.82, 2.24) is 5.43 Å². The minimum Gasteiger partial charge on any atom is -0.507 e. The number of aromatic amines is 1. The third kappa shape index (κ3) is 3.84. The van der Waals surface area contributed by atoms with Gasteiger partial charge in [0.2, 0.25) is 0 Å². The monoisotopic (exact) mass is 407 g/mol. The zero-order valence-electron chi connectivity index (χ0n) is 12.1. The first-order chi connectivity index (χ1) is 11.2. The summed E-state index contributed by atoms with van der Waals surface area (Å²) in [6.45, 7) is 1.58. The lowest BCUT2D eigenvalue weighted by Gasteiger charge is -2.06. The highest BCUT2D eigenvalue weighted by Crippen LogP contribution is 2.32.